The number of halogens is 3. The second-order valence-electron chi connectivity index (χ2n) is 5.32. The van der Waals surface area contributed by atoms with Crippen LogP contribution in [0.2, 0.25) is 0 Å². The number of benzene rings is 1. The van der Waals surface area contributed by atoms with Gasteiger partial charge in [0, 0.05) is 26.3 Å². The molecule has 0 aromatic heterocycles. The molecule has 0 bridgehead atoms. The third kappa shape index (κ3) is 4.15. The lowest BCUT2D eigenvalue weighted by Crippen LogP contribution is -2.49. The number of hydrogen-bond donors (Lipinski definition) is 2. The van der Waals surface area contributed by atoms with E-state index in [4.69, 9.17) is 10.5 Å². The fourth-order valence-corrected chi connectivity index (χ4v) is 2.53. The van der Waals surface area contributed by atoms with Crippen molar-refractivity contribution in [3.05, 3.63) is 35.4 Å². The molecule has 1 aromatic rings. The zero-order valence-electron chi connectivity index (χ0n) is 12.2. The molecule has 0 saturated carbocycles. The van der Waals surface area contributed by atoms with Crippen LogP contribution in [0.1, 0.15) is 18.4 Å². The maximum Gasteiger partial charge on any atom is 0.227 e. The number of rotatable bonds is 5. The van der Waals surface area contributed by atoms with Crippen molar-refractivity contribution in [2.24, 2.45) is 11.1 Å². The molecule has 124 valence electrons. The molecule has 1 aliphatic heterocycles. The van der Waals surface area contributed by atoms with E-state index in [1.165, 1.54) is 12.1 Å². The average molecular weight is 335 g/mol. The molecule has 7 heteroatoms. The molecule has 0 radical (unpaired) electrons. The summed E-state index contributed by atoms with van der Waals surface area (Å²) >= 11 is 0. The number of carbonyl (C=O) groups is 1. The zero-order valence-corrected chi connectivity index (χ0v) is 13.1. The highest BCUT2D eigenvalue weighted by atomic mass is 35.5. The van der Waals surface area contributed by atoms with Crippen molar-refractivity contribution >= 4 is 18.3 Å². The van der Waals surface area contributed by atoms with Crippen molar-refractivity contribution in [3.63, 3.8) is 0 Å². The summed E-state index contributed by atoms with van der Waals surface area (Å²) in [4.78, 5) is 12.3. The smallest absolute Gasteiger partial charge is 0.227 e. The van der Waals surface area contributed by atoms with Crippen molar-refractivity contribution in [3.8, 4) is 0 Å². The minimum Gasteiger partial charge on any atom is -0.381 e. The summed E-state index contributed by atoms with van der Waals surface area (Å²) in [6, 6.07) is 4.04. The number of amides is 1. The quantitative estimate of drug-likeness (QED) is 0.863. The Morgan fingerprint density at radius 3 is 2.64 bits per heavy atom. The van der Waals surface area contributed by atoms with Crippen LogP contribution >= 0.6 is 12.4 Å². The van der Waals surface area contributed by atoms with Crippen LogP contribution in [0.3, 0.4) is 0 Å². The Kier molecular flexibility index (Phi) is 7.19. The van der Waals surface area contributed by atoms with Gasteiger partial charge in [0.15, 0.2) is 11.6 Å². The lowest BCUT2D eigenvalue weighted by atomic mass is 9.79. The molecule has 1 aromatic carbocycles. The largest absolute Gasteiger partial charge is 0.381 e. The Labute approximate surface area is 134 Å². The van der Waals surface area contributed by atoms with Gasteiger partial charge in [-0.1, -0.05) is 12.1 Å². The summed E-state index contributed by atoms with van der Waals surface area (Å²) in [5.41, 5.74) is 5.40. The highest BCUT2D eigenvalue weighted by Gasteiger charge is 2.38. The van der Waals surface area contributed by atoms with Crippen LogP contribution in [0.5, 0.6) is 0 Å². The van der Waals surface area contributed by atoms with E-state index in [9.17, 15) is 13.6 Å². The normalized spacial score (nSPS) is 16.7. The molecule has 0 aliphatic carbocycles. The number of nitrogens with one attached hydrogen (secondary N) is 1. The highest BCUT2D eigenvalue weighted by molar-refractivity contribution is 5.85. The van der Waals surface area contributed by atoms with Crippen LogP contribution in [0.25, 0.3) is 0 Å². The maximum absolute atomic E-state index is 13.5. The first-order valence-corrected chi connectivity index (χ1v) is 7.08. The Bertz CT molecular complexity index is 508. The molecule has 0 unspecified atom stereocenters. The number of nitrogens with two attached hydrogens (primary N) is 1. The van der Waals surface area contributed by atoms with E-state index in [1.807, 2.05) is 0 Å². The summed E-state index contributed by atoms with van der Waals surface area (Å²) in [6.07, 6.45) is 1.42. The summed E-state index contributed by atoms with van der Waals surface area (Å²) in [6.45, 7) is 1.55. The van der Waals surface area contributed by atoms with Gasteiger partial charge in [0.2, 0.25) is 5.91 Å². The van der Waals surface area contributed by atoms with Crippen LogP contribution in [0.4, 0.5) is 8.78 Å². The maximum atomic E-state index is 13.5. The molecule has 1 aliphatic rings. The van der Waals surface area contributed by atoms with Crippen LogP contribution in [-0.4, -0.2) is 32.2 Å². The van der Waals surface area contributed by atoms with Crippen LogP contribution < -0.4 is 11.1 Å². The third-order valence-electron chi connectivity index (χ3n) is 4.03. The van der Waals surface area contributed by atoms with Gasteiger partial charge in [-0.25, -0.2) is 8.78 Å². The SMILES string of the molecule is Cl.NCC1(C(=O)NCCc2cccc(F)c2F)CCOCC1. The van der Waals surface area contributed by atoms with Gasteiger partial charge >= 0.3 is 0 Å². The van der Waals surface area contributed by atoms with Crippen LogP contribution in [-0.2, 0) is 16.0 Å². The lowest BCUT2D eigenvalue weighted by Gasteiger charge is -2.34. The van der Waals surface area contributed by atoms with Crippen molar-refractivity contribution in [2.45, 2.75) is 19.3 Å². The van der Waals surface area contributed by atoms with Crippen molar-refractivity contribution < 1.29 is 18.3 Å². The fraction of sp³-hybridized carbons (Fsp3) is 0.533. The molecule has 1 amide bonds. The summed E-state index contributed by atoms with van der Waals surface area (Å²) in [7, 11) is 0. The van der Waals surface area contributed by atoms with Gasteiger partial charge in [-0.3, -0.25) is 4.79 Å². The van der Waals surface area contributed by atoms with E-state index in [0.29, 0.717) is 26.1 Å². The first kappa shape index (κ1) is 18.8. The number of ether oxygens (including phenoxy) is 1. The van der Waals surface area contributed by atoms with E-state index in [2.05, 4.69) is 5.32 Å². The molecule has 1 saturated heterocycles. The van der Waals surface area contributed by atoms with Crippen molar-refractivity contribution in [2.75, 3.05) is 26.3 Å². The molecule has 3 N–H and O–H groups in total. The standard InChI is InChI=1S/C15H20F2N2O2.ClH/c16-12-3-1-2-11(13(12)17)4-7-19-14(20)15(10-18)5-8-21-9-6-15;/h1-3H,4-10,18H2,(H,19,20);1H. The average Bonchev–Trinajstić information content (AvgIpc) is 2.52. The van der Waals surface area contributed by atoms with Gasteiger partial charge in [0.1, 0.15) is 0 Å². The van der Waals surface area contributed by atoms with Gasteiger partial charge in [0.25, 0.3) is 0 Å². The Hall–Kier alpha value is -1.24. The molecule has 1 fully saturated rings. The van der Waals surface area contributed by atoms with E-state index >= 15 is 0 Å². The first-order chi connectivity index (χ1) is 10.1. The minimum absolute atomic E-state index is 0. The zero-order chi connectivity index (χ0) is 15.3. The monoisotopic (exact) mass is 334 g/mol. The molecular formula is C15H21ClF2N2O2. The summed E-state index contributed by atoms with van der Waals surface area (Å²) in [5.74, 6) is -1.86. The predicted molar refractivity (Wildman–Crippen MR) is 81.9 cm³/mol. The molecule has 1 heterocycles. The van der Waals surface area contributed by atoms with Gasteiger partial charge in [-0.05, 0) is 30.9 Å². The fourth-order valence-electron chi connectivity index (χ4n) is 2.53. The molecule has 2 rings (SSSR count). The van der Waals surface area contributed by atoms with Crippen LogP contribution in [0, 0.1) is 17.0 Å². The summed E-state index contributed by atoms with van der Waals surface area (Å²) < 4.78 is 31.8. The summed E-state index contributed by atoms with van der Waals surface area (Å²) in [5, 5.41) is 2.78. The van der Waals surface area contributed by atoms with E-state index in [0.717, 1.165) is 6.07 Å². The number of hydrogen-bond acceptors (Lipinski definition) is 3. The van der Waals surface area contributed by atoms with E-state index in [-0.39, 0.29) is 43.4 Å². The van der Waals surface area contributed by atoms with Gasteiger partial charge < -0.3 is 15.8 Å². The lowest BCUT2D eigenvalue weighted by molar-refractivity contribution is -0.135. The molecule has 4 nitrogen and oxygen atoms in total. The van der Waals surface area contributed by atoms with Gasteiger partial charge in [0.05, 0.1) is 5.41 Å². The Morgan fingerprint density at radius 2 is 2.00 bits per heavy atom. The topological polar surface area (TPSA) is 64.4 Å². The second kappa shape index (κ2) is 8.41. The highest BCUT2D eigenvalue weighted by Crippen LogP contribution is 2.29. The van der Waals surface area contributed by atoms with Crippen molar-refractivity contribution in [1.82, 2.24) is 5.32 Å². The number of carbonyl (C=O) groups excluding carboxylic acids is 1. The van der Waals surface area contributed by atoms with E-state index in [1.54, 1.807) is 0 Å². The third-order valence-corrected chi connectivity index (χ3v) is 4.03. The minimum atomic E-state index is -0.873. The molecule has 22 heavy (non-hydrogen) atoms. The second-order valence-corrected chi connectivity index (χ2v) is 5.32. The van der Waals surface area contributed by atoms with E-state index < -0.39 is 17.0 Å². The molecular weight excluding hydrogens is 314 g/mol. The predicted octanol–water partition coefficient (Wildman–Crippen LogP) is 1.80. The first-order valence-electron chi connectivity index (χ1n) is 7.08. The molecule has 0 spiro atoms. The Balaban J connectivity index is 0.00000242. The van der Waals surface area contributed by atoms with Crippen molar-refractivity contribution in [1.29, 1.82) is 0 Å². The molecule has 0 atom stereocenters. The van der Waals surface area contributed by atoms with Gasteiger partial charge in [-0.2, -0.15) is 0 Å². The Morgan fingerprint density at radius 1 is 1.32 bits per heavy atom. The van der Waals surface area contributed by atoms with Gasteiger partial charge in [-0.15, -0.1) is 12.4 Å². The van der Waals surface area contributed by atoms with Crippen LogP contribution in [0.15, 0.2) is 18.2 Å².